The average Bonchev–Trinajstić information content (AvgIpc) is 3.46. The molecule has 4 aromatic rings. The number of hydrogen-bond acceptors (Lipinski definition) is 8. The smallest absolute Gasteiger partial charge is 0.416 e. The van der Waals surface area contributed by atoms with Gasteiger partial charge in [0.2, 0.25) is 5.88 Å². The molecule has 0 atom stereocenters. The summed E-state index contributed by atoms with van der Waals surface area (Å²) in [6.07, 6.45) is 0.227. The number of carbonyl (C=O) groups excluding carboxylic acids is 2. The van der Waals surface area contributed by atoms with Crippen molar-refractivity contribution < 1.29 is 27.5 Å². The third kappa shape index (κ3) is 7.24. The minimum absolute atomic E-state index is 0.0723. The number of halogens is 3. The molecule has 0 bridgehead atoms. The van der Waals surface area contributed by atoms with Crippen LogP contribution in [0.25, 0.3) is 0 Å². The molecular weight excluding hydrogens is 601 g/mol. The Kier molecular flexibility index (Phi) is 8.81. The fraction of sp³-hybridized carbons (Fsp3) is 0.281. The Morgan fingerprint density at radius 3 is 2.54 bits per heavy atom. The molecular formula is C32H31F3N8O3. The van der Waals surface area contributed by atoms with E-state index in [1.165, 1.54) is 35.6 Å². The number of rotatable bonds is 7. The number of likely N-dealkylation sites (N-methyl/N-ethyl adjacent to an activating group) is 1. The molecule has 0 radical (unpaired) electrons. The molecule has 0 spiro atoms. The SMILES string of the molecule is CN1CCN(Cc2ccc(NC(=O)N3CCc4cc(Oc5cc(NC(=O)c6cccnc6)ncn5)ccc43)cc2C(F)(F)F)CC1. The third-order valence-electron chi connectivity index (χ3n) is 7.88. The zero-order chi connectivity index (χ0) is 32.3. The van der Waals surface area contributed by atoms with Gasteiger partial charge >= 0.3 is 12.2 Å². The Bertz CT molecular complexity index is 1730. The van der Waals surface area contributed by atoms with E-state index in [2.05, 4.69) is 30.5 Å². The molecule has 14 heteroatoms. The highest BCUT2D eigenvalue weighted by molar-refractivity contribution is 6.04. The van der Waals surface area contributed by atoms with Crippen LogP contribution in [0.4, 0.5) is 35.2 Å². The van der Waals surface area contributed by atoms with Crippen LogP contribution < -0.4 is 20.3 Å². The van der Waals surface area contributed by atoms with Crippen LogP contribution in [0.2, 0.25) is 0 Å². The van der Waals surface area contributed by atoms with Crippen molar-refractivity contribution in [2.24, 2.45) is 0 Å². The van der Waals surface area contributed by atoms with E-state index in [0.29, 0.717) is 43.1 Å². The summed E-state index contributed by atoms with van der Waals surface area (Å²) >= 11 is 0. The van der Waals surface area contributed by atoms with Gasteiger partial charge in [-0.15, -0.1) is 0 Å². The van der Waals surface area contributed by atoms with Crippen LogP contribution in [0.5, 0.6) is 11.6 Å². The summed E-state index contributed by atoms with van der Waals surface area (Å²) in [4.78, 5) is 43.4. The maximum Gasteiger partial charge on any atom is 0.416 e. The minimum atomic E-state index is -4.56. The van der Waals surface area contributed by atoms with Gasteiger partial charge in [-0.2, -0.15) is 13.2 Å². The topological polar surface area (TPSA) is 116 Å². The van der Waals surface area contributed by atoms with Crippen LogP contribution in [-0.4, -0.2) is 76.5 Å². The van der Waals surface area contributed by atoms with Crippen LogP contribution in [0, 0.1) is 0 Å². The fourth-order valence-corrected chi connectivity index (χ4v) is 5.42. The summed E-state index contributed by atoms with van der Waals surface area (Å²) in [5.41, 5.74) is 1.32. The minimum Gasteiger partial charge on any atom is -0.439 e. The van der Waals surface area contributed by atoms with Gasteiger partial charge in [-0.05, 0) is 67.1 Å². The van der Waals surface area contributed by atoms with Gasteiger partial charge in [-0.25, -0.2) is 14.8 Å². The first-order valence-corrected chi connectivity index (χ1v) is 14.7. The van der Waals surface area contributed by atoms with E-state index in [1.807, 2.05) is 11.9 Å². The molecule has 1 fully saturated rings. The normalized spacial score (nSPS) is 15.3. The molecule has 0 saturated carbocycles. The van der Waals surface area contributed by atoms with Gasteiger partial charge in [0.1, 0.15) is 17.9 Å². The molecule has 2 aromatic carbocycles. The van der Waals surface area contributed by atoms with E-state index >= 15 is 0 Å². The Morgan fingerprint density at radius 1 is 0.957 bits per heavy atom. The molecule has 2 N–H and O–H groups in total. The van der Waals surface area contributed by atoms with E-state index in [9.17, 15) is 22.8 Å². The van der Waals surface area contributed by atoms with E-state index in [0.717, 1.165) is 24.7 Å². The Morgan fingerprint density at radius 2 is 1.78 bits per heavy atom. The molecule has 11 nitrogen and oxygen atoms in total. The summed E-state index contributed by atoms with van der Waals surface area (Å²) in [5.74, 6) is 0.504. The first kappa shape index (κ1) is 30.9. The van der Waals surface area contributed by atoms with Crippen molar-refractivity contribution in [2.75, 3.05) is 55.3 Å². The van der Waals surface area contributed by atoms with Crippen LogP contribution in [0.3, 0.4) is 0 Å². The number of fused-ring (bicyclic) bond motifs is 1. The predicted molar refractivity (Wildman–Crippen MR) is 165 cm³/mol. The number of carbonyl (C=O) groups is 2. The number of urea groups is 1. The summed E-state index contributed by atoms with van der Waals surface area (Å²) < 4.78 is 48.0. The van der Waals surface area contributed by atoms with Gasteiger partial charge < -0.3 is 20.3 Å². The second kappa shape index (κ2) is 13.1. The highest BCUT2D eigenvalue weighted by atomic mass is 19.4. The molecule has 0 aliphatic carbocycles. The monoisotopic (exact) mass is 632 g/mol. The van der Waals surface area contributed by atoms with Crippen molar-refractivity contribution in [3.63, 3.8) is 0 Å². The molecule has 46 heavy (non-hydrogen) atoms. The van der Waals surface area contributed by atoms with Gasteiger partial charge in [-0.1, -0.05) is 6.07 Å². The van der Waals surface area contributed by atoms with E-state index in [-0.39, 0.29) is 35.4 Å². The van der Waals surface area contributed by atoms with Gasteiger partial charge in [0.15, 0.2) is 0 Å². The maximum atomic E-state index is 14.0. The zero-order valence-corrected chi connectivity index (χ0v) is 24.9. The van der Waals surface area contributed by atoms with Gasteiger partial charge in [0.05, 0.1) is 11.1 Å². The van der Waals surface area contributed by atoms with Crippen molar-refractivity contribution in [1.82, 2.24) is 24.8 Å². The zero-order valence-electron chi connectivity index (χ0n) is 24.9. The highest BCUT2D eigenvalue weighted by Gasteiger charge is 2.35. The number of nitrogens with one attached hydrogen (secondary N) is 2. The van der Waals surface area contributed by atoms with Crippen molar-refractivity contribution in [3.05, 3.63) is 95.6 Å². The molecule has 0 unspecified atom stereocenters. The van der Waals surface area contributed by atoms with E-state index < -0.39 is 17.8 Å². The number of pyridine rings is 1. The predicted octanol–water partition coefficient (Wildman–Crippen LogP) is 5.28. The van der Waals surface area contributed by atoms with Crippen LogP contribution >= 0.6 is 0 Å². The van der Waals surface area contributed by atoms with Gasteiger partial charge in [-0.3, -0.25) is 19.6 Å². The number of anilines is 3. The molecule has 6 rings (SSSR count). The second-order valence-corrected chi connectivity index (χ2v) is 11.1. The standard InChI is InChI=1S/C32H31F3N8O3/c1-41-11-13-42(14-12-41)19-23-4-5-24(16-26(23)32(33,34)35)39-31(45)43-10-8-21-15-25(6-7-27(21)43)46-29-17-28(37-20-38-29)40-30(44)22-3-2-9-36-18-22/h2-7,9,15-18,20H,8,10-14,19H2,1H3,(H,39,45)(H,37,38,40,44). The molecule has 2 aliphatic heterocycles. The number of nitrogens with zero attached hydrogens (tertiary/aromatic N) is 6. The fourth-order valence-electron chi connectivity index (χ4n) is 5.42. The number of alkyl halides is 3. The maximum absolute atomic E-state index is 14.0. The molecule has 2 aliphatic rings. The molecule has 2 aromatic heterocycles. The van der Waals surface area contributed by atoms with Gasteiger partial charge in [0.25, 0.3) is 5.91 Å². The van der Waals surface area contributed by atoms with Crippen molar-refractivity contribution >= 4 is 29.1 Å². The lowest BCUT2D eigenvalue weighted by molar-refractivity contribution is -0.138. The summed E-state index contributed by atoms with van der Waals surface area (Å²) in [6.45, 7) is 3.52. The number of benzene rings is 2. The summed E-state index contributed by atoms with van der Waals surface area (Å²) in [5, 5.41) is 5.31. The lowest BCUT2D eigenvalue weighted by Crippen LogP contribution is -2.44. The quantitative estimate of drug-likeness (QED) is 0.283. The van der Waals surface area contributed by atoms with E-state index in [4.69, 9.17) is 4.74 Å². The van der Waals surface area contributed by atoms with E-state index in [1.54, 1.807) is 36.5 Å². The lowest BCUT2D eigenvalue weighted by Gasteiger charge is -2.33. The third-order valence-corrected chi connectivity index (χ3v) is 7.88. The Labute approximate surface area is 263 Å². The Balaban J connectivity index is 1.11. The second-order valence-electron chi connectivity index (χ2n) is 11.1. The molecule has 1 saturated heterocycles. The molecule has 3 amide bonds. The lowest BCUT2D eigenvalue weighted by atomic mass is 10.0. The van der Waals surface area contributed by atoms with Crippen molar-refractivity contribution in [3.8, 4) is 11.6 Å². The summed E-state index contributed by atoms with van der Waals surface area (Å²) in [6, 6.07) is 13.3. The largest absolute Gasteiger partial charge is 0.439 e. The van der Waals surface area contributed by atoms with Crippen molar-refractivity contribution in [2.45, 2.75) is 19.1 Å². The van der Waals surface area contributed by atoms with Gasteiger partial charge in [0, 0.05) is 69.1 Å². The van der Waals surface area contributed by atoms with Crippen molar-refractivity contribution in [1.29, 1.82) is 0 Å². The van der Waals surface area contributed by atoms with Crippen LogP contribution in [-0.2, 0) is 19.1 Å². The average molecular weight is 633 g/mol. The summed E-state index contributed by atoms with van der Waals surface area (Å²) in [7, 11) is 1.99. The highest BCUT2D eigenvalue weighted by Crippen LogP contribution is 2.36. The number of ether oxygens (including phenoxy) is 1. The number of piperazine rings is 1. The number of amides is 3. The first-order chi connectivity index (χ1) is 22.1. The van der Waals surface area contributed by atoms with Crippen LogP contribution in [0.1, 0.15) is 27.0 Å². The first-order valence-electron chi connectivity index (χ1n) is 14.7. The number of aromatic nitrogens is 3. The molecule has 4 heterocycles. The molecule has 238 valence electrons. The Hall–Kier alpha value is -5.08. The van der Waals surface area contributed by atoms with Crippen LogP contribution in [0.15, 0.2) is 73.3 Å². The number of hydrogen-bond donors (Lipinski definition) is 2.